The molecule has 5 nitrogen and oxygen atoms in total. The molecule has 1 heterocycles. The average Bonchev–Trinajstić information content (AvgIpc) is 2.42. The Hall–Kier alpha value is -1.97. The quantitative estimate of drug-likeness (QED) is 0.869. The molecular formula is C13H10ClN3O2S. The van der Waals surface area contributed by atoms with Crippen molar-refractivity contribution in [3.63, 3.8) is 0 Å². The van der Waals surface area contributed by atoms with Crippen molar-refractivity contribution in [2.24, 2.45) is 0 Å². The molecule has 0 fully saturated rings. The van der Waals surface area contributed by atoms with E-state index in [1.807, 2.05) is 6.92 Å². The molecule has 0 radical (unpaired) electrons. The topological polar surface area (TPSA) is 83.7 Å². The summed E-state index contributed by atoms with van der Waals surface area (Å²) in [5.74, 6) is 0. The number of rotatable bonds is 3. The second-order valence-electron chi connectivity index (χ2n) is 4.10. The Morgan fingerprint density at radius 1 is 1.20 bits per heavy atom. The van der Waals surface area contributed by atoms with E-state index >= 15 is 0 Å². The third-order valence-corrected chi connectivity index (χ3v) is 4.87. The van der Waals surface area contributed by atoms with Crippen molar-refractivity contribution in [2.75, 3.05) is 0 Å². The van der Waals surface area contributed by atoms with E-state index in [1.54, 1.807) is 18.2 Å². The van der Waals surface area contributed by atoms with Crippen LogP contribution < -0.4 is 0 Å². The molecule has 0 saturated carbocycles. The molecule has 0 aliphatic rings. The Kier molecular flexibility index (Phi) is 4.02. The van der Waals surface area contributed by atoms with Gasteiger partial charge in [-0.3, -0.25) is 4.98 Å². The molecule has 2 aromatic rings. The number of sulfone groups is 1. The number of hydrogen-bond donors (Lipinski definition) is 0. The molecule has 20 heavy (non-hydrogen) atoms. The third-order valence-electron chi connectivity index (χ3n) is 2.70. The molecule has 7 heteroatoms. The smallest absolute Gasteiger partial charge is 0.200 e. The Bertz CT molecular complexity index is 767. The fourth-order valence-electron chi connectivity index (χ4n) is 1.65. The van der Waals surface area contributed by atoms with Gasteiger partial charge in [0.05, 0.1) is 11.0 Å². The summed E-state index contributed by atoms with van der Waals surface area (Å²) in [6, 6.07) is 7.99. The monoisotopic (exact) mass is 307 g/mol. The lowest BCUT2D eigenvalue weighted by atomic mass is 10.2. The van der Waals surface area contributed by atoms with Gasteiger partial charge >= 0.3 is 0 Å². The Balaban J connectivity index is 2.55. The zero-order chi connectivity index (χ0) is 14.8. The number of nitrogens with zero attached hydrogens (tertiary/aromatic N) is 3. The van der Waals surface area contributed by atoms with Crippen molar-refractivity contribution in [3.8, 4) is 6.07 Å². The highest BCUT2D eigenvalue weighted by atomic mass is 35.5. The van der Waals surface area contributed by atoms with Crippen LogP contribution in [0.15, 0.2) is 41.6 Å². The molecular weight excluding hydrogens is 298 g/mol. The number of nitriles is 1. The van der Waals surface area contributed by atoms with E-state index < -0.39 is 15.1 Å². The average molecular weight is 308 g/mol. The molecule has 0 saturated heterocycles. The maximum absolute atomic E-state index is 12.5. The van der Waals surface area contributed by atoms with Crippen LogP contribution in [-0.2, 0) is 9.84 Å². The molecule has 102 valence electrons. The van der Waals surface area contributed by atoms with Crippen molar-refractivity contribution >= 4 is 21.4 Å². The molecule has 0 aliphatic heterocycles. The van der Waals surface area contributed by atoms with Crippen molar-refractivity contribution in [3.05, 3.63) is 53.1 Å². The molecule has 0 amide bonds. The van der Waals surface area contributed by atoms with Crippen molar-refractivity contribution in [1.82, 2.24) is 9.97 Å². The Morgan fingerprint density at radius 2 is 1.80 bits per heavy atom. The van der Waals surface area contributed by atoms with Gasteiger partial charge in [-0.05, 0) is 19.1 Å². The molecule has 0 N–H and O–H groups in total. The van der Waals surface area contributed by atoms with E-state index in [9.17, 15) is 13.7 Å². The van der Waals surface area contributed by atoms with Crippen LogP contribution in [0.5, 0.6) is 0 Å². The van der Waals surface area contributed by atoms with Crippen LogP contribution in [0.3, 0.4) is 0 Å². The van der Waals surface area contributed by atoms with Gasteiger partial charge in [0.1, 0.15) is 5.69 Å². The zero-order valence-electron chi connectivity index (χ0n) is 10.5. The molecule has 0 aliphatic carbocycles. The molecule has 1 atom stereocenters. The second kappa shape index (κ2) is 5.57. The van der Waals surface area contributed by atoms with Crippen molar-refractivity contribution in [2.45, 2.75) is 17.1 Å². The number of aryl methyl sites for hydroxylation is 1. The lowest BCUT2D eigenvalue weighted by Crippen LogP contribution is -2.14. The fourth-order valence-corrected chi connectivity index (χ4v) is 3.32. The summed E-state index contributed by atoms with van der Waals surface area (Å²) in [5.41, 5.74) is 0.868. The van der Waals surface area contributed by atoms with Crippen molar-refractivity contribution in [1.29, 1.82) is 5.26 Å². The molecule has 0 spiro atoms. The summed E-state index contributed by atoms with van der Waals surface area (Å²) < 4.78 is 25.0. The molecule has 2 rings (SSSR count). The van der Waals surface area contributed by atoms with Crippen LogP contribution in [-0.4, -0.2) is 18.4 Å². The van der Waals surface area contributed by atoms with E-state index in [0.717, 1.165) is 5.56 Å². The van der Waals surface area contributed by atoms with E-state index in [1.165, 1.54) is 24.5 Å². The minimum atomic E-state index is -3.89. The highest BCUT2D eigenvalue weighted by Crippen LogP contribution is 2.30. The van der Waals surface area contributed by atoms with Gasteiger partial charge in [0.25, 0.3) is 0 Å². The lowest BCUT2D eigenvalue weighted by Gasteiger charge is -2.11. The van der Waals surface area contributed by atoms with Gasteiger partial charge < -0.3 is 0 Å². The second-order valence-corrected chi connectivity index (χ2v) is 6.49. The van der Waals surface area contributed by atoms with Gasteiger partial charge in [-0.2, -0.15) is 5.26 Å². The first kappa shape index (κ1) is 14.4. The van der Waals surface area contributed by atoms with E-state index in [0.29, 0.717) is 0 Å². The summed E-state index contributed by atoms with van der Waals surface area (Å²) >= 11 is 5.83. The maximum Gasteiger partial charge on any atom is 0.200 e. The van der Waals surface area contributed by atoms with Crippen LogP contribution in [0.1, 0.15) is 16.5 Å². The van der Waals surface area contributed by atoms with E-state index in [2.05, 4.69) is 9.97 Å². The summed E-state index contributed by atoms with van der Waals surface area (Å²) in [5, 5.41) is 7.63. The lowest BCUT2D eigenvalue weighted by molar-refractivity contribution is 0.590. The largest absolute Gasteiger partial charge is 0.254 e. The third kappa shape index (κ3) is 2.64. The van der Waals surface area contributed by atoms with Crippen molar-refractivity contribution < 1.29 is 8.42 Å². The maximum atomic E-state index is 12.5. The summed E-state index contributed by atoms with van der Waals surface area (Å²) in [4.78, 5) is 7.67. The van der Waals surface area contributed by atoms with Crippen LogP contribution in [0.4, 0.5) is 0 Å². The SMILES string of the molecule is Cc1ccc(S(=O)(=O)C(C#N)c2nccnc2Cl)cc1. The van der Waals surface area contributed by atoms with Gasteiger partial charge in [0.15, 0.2) is 10.4 Å². The fraction of sp³-hybridized carbons (Fsp3) is 0.154. The van der Waals surface area contributed by atoms with Gasteiger partial charge in [0, 0.05) is 12.4 Å². The first-order valence-electron chi connectivity index (χ1n) is 5.63. The van der Waals surface area contributed by atoms with Crippen LogP contribution in [0.25, 0.3) is 0 Å². The molecule has 1 aromatic carbocycles. The van der Waals surface area contributed by atoms with Gasteiger partial charge in [-0.15, -0.1) is 0 Å². The normalized spacial score (nSPS) is 12.7. The number of halogens is 1. The Morgan fingerprint density at radius 3 is 2.35 bits per heavy atom. The number of benzene rings is 1. The predicted molar refractivity (Wildman–Crippen MR) is 73.8 cm³/mol. The first-order valence-corrected chi connectivity index (χ1v) is 7.56. The minimum Gasteiger partial charge on any atom is -0.254 e. The standard InChI is InChI=1S/C13H10ClN3O2S/c1-9-2-4-10(5-3-9)20(18,19)11(8-15)12-13(14)17-7-6-16-12/h2-7,11H,1H3. The Labute approximate surface area is 121 Å². The summed E-state index contributed by atoms with van der Waals surface area (Å²) in [6.45, 7) is 1.84. The molecule has 1 unspecified atom stereocenters. The number of hydrogen-bond acceptors (Lipinski definition) is 5. The molecule has 0 bridgehead atoms. The molecule has 1 aromatic heterocycles. The highest BCUT2D eigenvalue weighted by Gasteiger charge is 2.32. The summed E-state index contributed by atoms with van der Waals surface area (Å²) in [6.07, 6.45) is 2.63. The van der Waals surface area contributed by atoms with E-state index in [-0.39, 0.29) is 15.7 Å². The van der Waals surface area contributed by atoms with Gasteiger partial charge in [-0.1, -0.05) is 29.3 Å². The van der Waals surface area contributed by atoms with E-state index in [4.69, 9.17) is 11.6 Å². The highest BCUT2D eigenvalue weighted by molar-refractivity contribution is 7.92. The number of aromatic nitrogens is 2. The predicted octanol–water partition coefficient (Wildman–Crippen LogP) is 2.48. The van der Waals surface area contributed by atoms with Gasteiger partial charge in [0.2, 0.25) is 9.84 Å². The zero-order valence-corrected chi connectivity index (χ0v) is 12.1. The van der Waals surface area contributed by atoms with Crippen LogP contribution >= 0.6 is 11.6 Å². The van der Waals surface area contributed by atoms with Gasteiger partial charge in [-0.25, -0.2) is 13.4 Å². The van der Waals surface area contributed by atoms with Crippen LogP contribution in [0, 0.1) is 18.3 Å². The minimum absolute atomic E-state index is 0.0522. The van der Waals surface area contributed by atoms with Crippen LogP contribution in [0.2, 0.25) is 5.15 Å². The first-order chi connectivity index (χ1) is 9.46. The summed E-state index contributed by atoms with van der Waals surface area (Å²) in [7, 11) is -3.89.